The van der Waals surface area contributed by atoms with Crippen LogP contribution in [0.2, 0.25) is 0 Å². The first kappa shape index (κ1) is 15.8. The van der Waals surface area contributed by atoms with Gasteiger partial charge in [0.1, 0.15) is 5.75 Å². The van der Waals surface area contributed by atoms with Crippen molar-refractivity contribution in [2.45, 2.75) is 51.7 Å². The van der Waals surface area contributed by atoms with Crippen LogP contribution in [0, 0.1) is 0 Å². The zero-order valence-electron chi connectivity index (χ0n) is 13.4. The molecule has 1 heterocycles. The Balaban J connectivity index is 1.95. The standard InChI is InChI=1S/C17H26N2O2/c1-12(16(20)19-14-8-9-18-11-14)21-15-7-5-6-13(10-15)17(2,3)4/h5-7,10,12,14,18H,8-9,11H2,1-4H3,(H,19,20). The van der Waals surface area contributed by atoms with Crippen LogP contribution in [0.25, 0.3) is 0 Å². The minimum Gasteiger partial charge on any atom is -0.481 e. The molecule has 1 saturated heterocycles. The van der Waals surface area contributed by atoms with Crippen molar-refractivity contribution in [3.8, 4) is 5.75 Å². The fourth-order valence-electron chi connectivity index (χ4n) is 2.39. The lowest BCUT2D eigenvalue weighted by molar-refractivity contribution is -0.127. The highest BCUT2D eigenvalue weighted by atomic mass is 16.5. The van der Waals surface area contributed by atoms with Crippen LogP contribution in [0.1, 0.15) is 39.7 Å². The van der Waals surface area contributed by atoms with Gasteiger partial charge in [-0.25, -0.2) is 0 Å². The summed E-state index contributed by atoms with van der Waals surface area (Å²) >= 11 is 0. The van der Waals surface area contributed by atoms with E-state index in [4.69, 9.17) is 4.74 Å². The maximum absolute atomic E-state index is 12.1. The molecular formula is C17H26N2O2. The number of amides is 1. The summed E-state index contributed by atoms with van der Waals surface area (Å²) in [6, 6.07) is 8.20. The molecule has 2 rings (SSSR count). The Hall–Kier alpha value is -1.55. The summed E-state index contributed by atoms with van der Waals surface area (Å²) in [6.07, 6.45) is 0.499. The third-order valence-corrected chi connectivity index (χ3v) is 3.79. The first-order valence-corrected chi connectivity index (χ1v) is 7.64. The fourth-order valence-corrected chi connectivity index (χ4v) is 2.39. The van der Waals surface area contributed by atoms with Gasteiger partial charge in [0.2, 0.25) is 0 Å². The maximum Gasteiger partial charge on any atom is 0.261 e. The molecule has 1 aliphatic heterocycles. The van der Waals surface area contributed by atoms with Crippen LogP contribution in [-0.2, 0) is 10.2 Å². The van der Waals surface area contributed by atoms with E-state index in [-0.39, 0.29) is 17.4 Å². The molecule has 0 radical (unpaired) electrons. The molecular weight excluding hydrogens is 264 g/mol. The van der Waals surface area contributed by atoms with Crippen LogP contribution in [0.3, 0.4) is 0 Å². The number of ether oxygens (including phenoxy) is 1. The molecule has 1 fully saturated rings. The Morgan fingerprint density at radius 2 is 2.19 bits per heavy atom. The molecule has 0 aromatic heterocycles. The van der Waals surface area contributed by atoms with Gasteiger partial charge in [-0.15, -0.1) is 0 Å². The fraction of sp³-hybridized carbons (Fsp3) is 0.588. The van der Waals surface area contributed by atoms with Crippen molar-refractivity contribution in [2.75, 3.05) is 13.1 Å². The highest BCUT2D eigenvalue weighted by Crippen LogP contribution is 2.26. The minimum atomic E-state index is -0.485. The second-order valence-electron chi connectivity index (χ2n) is 6.74. The van der Waals surface area contributed by atoms with Crippen LogP contribution in [0.4, 0.5) is 0 Å². The summed E-state index contributed by atoms with van der Waals surface area (Å²) in [5.41, 5.74) is 1.27. The van der Waals surface area contributed by atoms with Gasteiger partial charge in [0.15, 0.2) is 6.10 Å². The lowest BCUT2D eigenvalue weighted by Gasteiger charge is -2.21. The van der Waals surface area contributed by atoms with Crippen molar-refractivity contribution in [3.05, 3.63) is 29.8 Å². The summed E-state index contributed by atoms with van der Waals surface area (Å²) in [4.78, 5) is 12.1. The van der Waals surface area contributed by atoms with Gasteiger partial charge in [-0.05, 0) is 43.0 Å². The van der Waals surface area contributed by atoms with Crippen molar-refractivity contribution >= 4 is 5.91 Å². The van der Waals surface area contributed by atoms with Crippen molar-refractivity contribution < 1.29 is 9.53 Å². The second-order valence-corrected chi connectivity index (χ2v) is 6.74. The summed E-state index contributed by atoms with van der Waals surface area (Å²) in [5.74, 6) is 0.694. The quantitative estimate of drug-likeness (QED) is 0.894. The van der Waals surface area contributed by atoms with Gasteiger partial charge in [0.05, 0.1) is 0 Å². The first-order chi connectivity index (χ1) is 9.86. The molecule has 0 bridgehead atoms. The van der Waals surface area contributed by atoms with Crippen LogP contribution >= 0.6 is 0 Å². The van der Waals surface area contributed by atoms with Crippen LogP contribution < -0.4 is 15.4 Å². The van der Waals surface area contributed by atoms with E-state index in [0.717, 1.165) is 25.3 Å². The van der Waals surface area contributed by atoms with E-state index in [1.54, 1.807) is 6.92 Å². The monoisotopic (exact) mass is 290 g/mol. The van der Waals surface area contributed by atoms with Gasteiger partial charge in [0, 0.05) is 12.6 Å². The molecule has 1 aromatic carbocycles. The van der Waals surface area contributed by atoms with Crippen molar-refractivity contribution in [1.82, 2.24) is 10.6 Å². The number of benzene rings is 1. The molecule has 0 aliphatic carbocycles. The molecule has 4 heteroatoms. The van der Waals surface area contributed by atoms with E-state index in [9.17, 15) is 4.79 Å². The molecule has 4 nitrogen and oxygen atoms in total. The minimum absolute atomic E-state index is 0.0511. The summed E-state index contributed by atoms with van der Waals surface area (Å²) in [5, 5.41) is 6.25. The zero-order chi connectivity index (χ0) is 15.5. The largest absolute Gasteiger partial charge is 0.481 e. The predicted octanol–water partition coefficient (Wildman–Crippen LogP) is 2.23. The number of rotatable bonds is 4. The van der Waals surface area contributed by atoms with Gasteiger partial charge in [0.25, 0.3) is 5.91 Å². The molecule has 0 saturated carbocycles. The molecule has 21 heavy (non-hydrogen) atoms. The Morgan fingerprint density at radius 1 is 1.43 bits per heavy atom. The van der Waals surface area contributed by atoms with Gasteiger partial charge in [-0.1, -0.05) is 32.9 Å². The molecule has 2 unspecified atom stereocenters. The SMILES string of the molecule is CC(Oc1cccc(C(C)(C)C)c1)C(=O)NC1CCNC1. The summed E-state index contributed by atoms with van der Waals surface area (Å²) < 4.78 is 5.79. The third-order valence-electron chi connectivity index (χ3n) is 3.79. The molecule has 2 atom stereocenters. The Bertz CT molecular complexity index is 488. The average Bonchev–Trinajstić information content (AvgIpc) is 2.91. The number of hydrogen-bond acceptors (Lipinski definition) is 3. The number of hydrogen-bond donors (Lipinski definition) is 2. The normalized spacial score (nSPS) is 20.1. The van der Waals surface area contributed by atoms with Gasteiger partial charge < -0.3 is 15.4 Å². The van der Waals surface area contributed by atoms with E-state index >= 15 is 0 Å². The van der Waals surface area contributed by atoms with Gasteiger partial charge in [-0.3, -0.25) is 4.79 Å². The lowest BCUT2D eigenvalue weighted by atomic mass is 9.87. The second kappa shape index (κ2) is 6.48. The molecule has 0 spiro atoms. The van der Waals surface area contributed by atoms with Crippen LogP contribution in [0.15, 0.2) is 24.3 Å². The van der Waals surface area contributed by atoms with Crippen molar-refractivity contribution in [1.29, 1.82) is 0 Å². The highest BCUT2D eigenvalue weighted by Gasteiger charge is 2.22. The first-order valence-electron chi connectivity index (χ1n) is 7.64. The van der Waals surface area contributed by atoms with Crippen LogP contribution in [-0.4, -0.2) is 31.1 Å². The number of carbonyl (C=O) groups excluding carboxylic acids is 1. The van der Waals surface area contributed by atoms with Crippen LogP contribution in [0.5, 0.6) is 5.75 Å². The highest BCUT2D eigenvalue weighted by molar-refractivity contribution is 5.81. The third kappa shape index (κ3) is 4.46. The lowest BCUT2D eigenvalue weighted by Crippen LogP contribution is -2.43. The summed E-state index contributed by atoms with van der Waals surface area (Å²) in [7, 11) is 0. The molecule has 1 amide bonds. The van der Waals surface area contributed by atoms with Gasteiger partial charge in [-0.2, -0.15) is 0 Å². The average molecular weight is 290 g/mol. The Kier molecular flexibility index (Phi) is 4.88. The molecule has 116 valence electrons. The molecule has 1 aliphatic rings. The smallest absolute Gasteiger partial charge is 0.261 e. The van der Waals surface area contributed by atoms with E-state index in [1.807, 2.05) is 18.2 Å². The van der Waals surface area contributed by atoms with E-state index in [2.05, 4.69) is 37.5 Å². The number of carbonyl (C=O) groups is 1. The Labute approximate surface area is 127 Å². The number of nitrogens with one attached hydrogen (secondary N) is 2. The molecule has 1 aromatic rings. The zero-order valence-corrected chi connectivity index (χ0v) is 13.4. The van der Waals surface area contributed by atoms with E-state index < -0.39 is 6.10 Å². The summed E-state index contributed by atoms with van der Waals surface area (Å²) in [6.45, 7) is 10.1. The topological polar surface area (TPSA) is 50.4 Å². The Morgan fingerprint density at radius 3 is 2.81 bits per heavy atom. The van der Waals surface area contributed by atoms with Crippen molar-refractivity contribution in [2.24, 2.45) is 0 Å². The van der Waals surface area contributed by atoms with Crippen molar-refractivity contribution in [3.63, 3.8) is 0 Å². The van der Waals surface area contributed by atoms with E-state index in [1.165, 1.54) is 5.56 Å². The predicted molar refractivity (Wildman–Crippen MR) is 84.6 cm³/mol. The maximum atomic E-state index is 12.1. The van der Waals surface area contributed by atoms with Gasteiger partial charge >= 0.3 is 0 Å². The molecule has 2 N–H and O–H groups in total. The van der Waals surface area contributed by atoms with E-state index in [0.29, 0.717) is 0 Å².